The van der Waals surface area contributed by atoms with E-state index in [1.807, 2.05) is 63.2 Å². The van der Waals surface area contributed by atoms with Crippen LogP contribution in [-0.4, -0.2) is 30.8 Å². The number of rotatable bonds is 7. The molecule has 0 bridgehead atoms. The van der Waals surface area contributed by atoms with Gasteiger partial charge in [-0.25, -0.2) is 4.99 Å². The Bertz CT molecular complexity index is 676. The van der Waals surface area contributed by atoms with Gasteiger partial charge >= 0.3 is 0 Å². The number of aryl methyl sites for hydroxylation is 2. The average Bonchev–Trinajstić information content (AvgIpc) is 2.61. The zero-order valence-corrected chi connectivity index (χ0v) is 15.2. The maximum Gasteiger partial charge on any atom is 0.191 e. The molecule has 0 spiro atoms. The van der Waals surface area contributed by atoms with E-state index in [4.69, 9.17) is 4.74 Å². The number of nitrogens with zero attached hydrogens (tertiary/aromatic N) is 1. The lowest BCUT2D eigenvalue weighted by molar-refractivity contribution is 0.322. The Balaban J connectivity index is 1.87. The van der Waals surface area contributed by atoms with Crippen molar-refractivity contribution in [2.24, 2.45) is 4.99 Å². The molecule has 2 aromatic carbocycles. The van der Waals surface area contributed by atoms with Gasteiger partial charge in [-0.15, -0.1) is 0 Å². The molecule has 0 aromatic heterocycles. The highest BCUT2D eigenvalue weighted by molar-refractivity contribution is 5.79. The Hall–Kier alpha value is -2.69. The Morgan fingerprint density at radius 3 is 2.40 bits per heavy atom. The molecule has 0 aliphatic heterocycles. The third-order valence-electron chi connectivity index (χ3n) is 3.72. The minimum atomic E-state index is 0.357. The van der Waals surface area contributed by atoms with E-state index >= 15 is 0 Å². The molecule has 5 nitrogen and oxygen atoms in total. The van der Waals surface area contributed by atoms with E-state index in [2.05, 4.69) is 15.6 Å². The number of aliphatic imine (C=N–C) groups is 1. The predicted molar refractivity (Wildman–Crippen MR) is 102 cm³/mol. The van der Waals surface area contributed by atoms with Gasteiger partial charge in [0.1, 0.15) is 18.1 Å². The predicted octanol–water partition coefficient (Wildman–Crippen LogP) is 3.14. The monoisotopic (exact) mass is 341 g/mol. The van der Waals surface area contributed by atoms with Gasteiger partial charge in [0.25, 0.3) is 0 Å². The summed E-state index contributed by atoms with van der Waals surface area (Å²) in [5.74, 6) is 1.97. The van der Waals surface area contributed by atoms with E-state index in [1.165, 1.54) is 0 Å². The van der Waals surface area contributed by atoms with E-state index < -0.39 is 0 Å². The summed E-state index contributed by atoms with van der Waals surface area (Å²) in [6.07, 6.45) is 0. The van der Waals surface area contributed by atoms with Crippen molar-refractivity contribution >= 4 is 5.96 Å². The van der Waals surface area contributed by atoms with Crippen molar-refractivity contribution in [2.45, 2.75) is 27.3 Å². The van der Waals surface area contributed by atoms with Crippen LogP contribution in [-0.2, 0) is 6.54 Å². The van der Waals surface area contributed by atoms with Crippen molar-refractivity contribution in [2.75, 3.05) is 19.7 Å². The summed E-state index contributed by atoms with van der Waals surface area (Å²) in [6, 6.07) is 13.7. The number of benzene rings is 2. The fraction of sp³-hybridized carbons (Fsp3) is 0.350. The number of para-hydroxylation sites is 1. The van der Waals surface area contributed by atoms with Crippen LogP contribution in [0.25, 0.3) is 0 Å². The number of ether oxygens (including phenoxy) is 1. The molecule has 0 heterocycles. The smallest absolute Gasteiger partial charge is 0.191 e. The number of hydrogen-bond donors (Lipinski definition) is 3. The number of phenols is 1. The fourth-order valence-corrected chi connectivity index (χ4v) is 2.50. The molecule has 2 rings (SSSR count). The molecule has 0 aliphatic rings. The summed E-state index contributed by atoms with van der Waals surface area (Å²) < 4.78 is 5.67. The normalized spacial score (nSPS) is 11.2. The van der Waals surface area contributed by atoms with Crippen LogP contribution in [0.15, 0.2) is 47.5 Å². The van der Waals surface area contributed by atoms with Crippen molar-refractivity contribution in [3.63, 3.8) is 0 Å². The third-order valence-corrected chi connectivity index (χ3v) is 3.72. The largest absolute Gasteiger partial charge is 0.507 e. The average molecular weight is 341 g/mol. The van der Waals surface area contributed by atoms with Crippen molar-refractivity contribution in [3.8, 4) is 11.5 Å². The molecule has 2 aromatic rings. The van der Waals surface area contributed by atoms with Crippen molar-refractivity contribution in [3.05, 3.63) is 59.2 Å². The number of aromatic hydroxyl groups is 1. The van der Waals surface area contributed by atoms with Gasteiger partial charge in [0.05, 0.1) is 13.1 Å². The molecule has 134 valence electrons. The second kappa shape index (κ2) is 9.57. The third kappa shape index (κ3) is 6.03. The first-order chi connectivity index (χ1) is 12.1. The van der Waals surface area contributed by atoms with Gasteiger partial charge in [0, 0.05) is 6.54 Å². The Labute approximate surface area is 149 Å². The topological polar surface area (TPSA) is 65.9 Å². The summed E-state index contributed by atoms with van der Waals surface area (Å²) in [5.41, 5.74) is 2.82. The van der Waals surface area contributed by atoms with Crippen molar-refractivity contribution in [1.82, 2.24) is 10.6 Å². The van der Waals surface area contributed by atoms with Crippen LogP contribution in [0.4, 0.5) is 0 Å². The molecule has 0 aliphatic carbocycles. The highest BCUT2D eigenvalue weighted by Gasteiger charge is 2.04. The first kappa shape index (κ1) is 18.6. The molecule has 0 fully saturated rings. The lowest BCUT2D eigenvalue weighted by Gasteiger charge is -2.12. The number of guanidine groups is 1. The van der Waals surface area contributed by atoms with Gasteiger partial charge in [-0.3, -0.25) is 0 Å². The minimum absolute atomic E-state index is 0.357. The van der Waals surface area contributed by atoms with Crippen molar-refractivity contribution in [1.29, 1.82) is 0 Å². The van der Waals surface area contributed by atoms with Gasteiger partial charge in [-0.2, -0.15) is 0 Å². The number of phenolic OH excluding ortho intramolecular Hbond substituents is 1. The van der Waals surface area contributed by atoms with Crippen LogP contribution < -0.4 is 15.4 Å². The van der Waals surface area contributed by atoms with Crippen LogP contribution in [0, 0.1) is 13.8 Å². The summed E-state index contributed by atoms with van der Waals surface area (Å²) in [6.45, 7) is 8.41. The van der Waals surface area contributed by atoms with Crippen molar-refractivity contribution < 1.29 is 9.84 Å². The molecule has 5 heteroatoms. The summed E-state index contributed by atoms with van der Waals surface area (Å²) >= 11 is 0. The molecule has 0 saturated heterocycles. The highest BCUT2D eigenvalue weighted by atomic mass is 16.5. The number of nitrogens with one attached hydrogen (secondary N) is 2. The van der Waals surface area contributed by atoms with Crippen LogP contribution in [0.3, 0.4) is 0 Å². The van der Waals surface area contributed by atoms with Crippen LogP contribution >= 0.6 is 0 Å². The van der Waals surface area contributed by atoms with Gasteiger partial charge in [-0.1, -0.05) is 30.3 Å². The second-order valence-corrected chi connectivity index (χ2v) is 5.86. The minimum Gasteiger partial charge on any atom is -0.507 e. The zero-order valence-electron chi connectivity index (χ0n) is 15.2. The van der Waals surface area contributed by atoms with Crippen LogP contribution in [0.1, 0.15) is 23.6 Å². The SMILES string of the molecule is CCNC(=NCc1cc(C)c(O)c(C)c1)NCCOc1ccccc1. The molecular weight excluding hydrogens is 314 g/mol. The second-order valence-electron chi connectivity index (χ2n) is 5.86. The molecule has 0 radical (unpaired) electrons. The van der Waals surface area contributed by atoms with E-state index in [9.17, 15) is 5.11 Å². The first-order valence-electron chi connectivity index (χ1n) is 8.59. The molecule has 3 N–H and O–H groups in total. The molecular formula is C20H27N3O2. The lowest BCUT2D eigenvalue weighted by Crippen LogP contribution is -2.39. The molecule has 0 saturated carbocycles. The molecule has 0 atom stereocenters. The van der Waals surface area contributed by atoms with E-state index in [-0.39, 0.29) is 0 Å². The molecule has 0 unspecified atom stereocenters. The fourth-order valence-electron chi connectivity index (χ4n) is 2.50. The quantitative estimate of drug-likeness (QED) is 0.411. The van der Waals surface area contributed by atoms with Crippen LogP contribution in [0.2, 0.25) is 0 Å². The zero-order chi connectivity index (χ0) is 18.1. The Morgan fingerprint density at radius 2 is 1.76 bits per heavy atom. The highest BCUT2D eigenvalue weighted by Crippen LogP contribution is 2.23. The maximum absolute atomic E-state index is 9.86. The molecule has 0 amide bonds. The van der Waals surface area contributed by atoms with Gasteiger partial charge in [-0.05, 0) is 49.6 Å². The van der Waals surface area contributed by atoms with Gasteiger partial charge < -0.3 is 20.5 Å². The van der Waals surface area contributed by atoms with Gasteiger partial charge in [0.2, 0.25) is 0 Å². The molecule has 25 heavy (non-hydrogen) atoms. The summed E-state index contributed by atoms with van der Waals surface area (Å²) in [4.78, 5) is 4.60. The maximum atomic E-state index is 9.86. The van der Waals surface area contributed by atoms with Gasteiger partial charge in [0.15, 0.2) is 5.96 Å². The van der Waals surface area contributed by atoms with E-state index in [0.29, 0.717) is 25.4 Å². The lowest BCUT2D eigenvalue weighted by atomic mass is 10.1. The van der Waals surface area contributed by atoms with E-state index in [1.54, 1.807) is 0 Å². The van der Waals surface area contributed by atoms with E-state index in [0.717, 1.165) is 34.9 Å². The Morgan fingerprint density at radius 1 is 1.08 bits per heavy atom. The first-order valence-corrected chi connectivity index (χ1v) is 8.59. The number of hydrogen-bond acceptors (Lipinski definition) is 3. The summed E-state index contributed by atoms with van der Waals surface area (Å²) in [5, 5.41) is 16.3. The summed E-state index contributed by atoms with van der Waals surface area (Å²) in [7, 11) is 0. The van der Waals surface area contributed by atoms with Crippen LogP contribution in [0.5, 0.6) is 11.5 Å². The Kier molecular flexibility index (Phi) is 7.14. The standard InChI is InChI=1S/C20H27N3O2/c1-4-21-20(22-10-11-25-18-8-6-5-7-9-18)23-14-17-12-15(2)19(24)16(3)13-17/h5-9,12-13,24H,4,10-11,14H2,1-3H3,(H2,21,22,23).